The molecule has 2 atom stereocenters. The molecule has 13 heteroatoms. The second-order valence-corrected chi connectivity index (χ2v) is 7.73. The van der Waals surface area contributed by atoms with Crippen LogP contribution in [0.15, 0.2) is 41.1 Å². The molecule has 1 saturated heterocycles. The van der Waals surface area contributed by atoms with Crippen molar-refractivity contribution in [1.82, 2.24) is 25.0 Å². The fourth-order valence-electron chi connectivity index (χ4n) is 3.50. The minimum absolute atomic E-state index is 0.0224. The van der Waals surface area contributed by atoms with Crippen LogP contribution < -0.4 is 5.32 Å². The molecule has 4 heterocycles. The number of likely N-dealkylation sites (tertiary alicyclic amines) is 1. The van der Waals surface area contributed by atoms with Gasteiger partial charge in [-0.2, -0.15) is 13.2 Å². The van der Waals surface area contributed by atoms with Crippen molar-refractivity contribution in [2.75, 3.05) is 32.6 Å². The fraction of sp³-hybridized carbons (Fsp3) is 0.381. The van der Waals surface area contributed by atoms with Gasteiger partial charge in [0.2, 0.25) is 11.5 Å². The Hall–Kier alpha value is -3.58. The lowest BCUT2D eigenvalue weighted by Crippen LogP contribution is -2.37. The normalized spacial score (nSPS) is 19.5. The smallest absolute Gasteiger partial charge is 0.373 e. The molecule has 0 spiro atoms. The Labute approximate surface area is 191 Å². The molecule has 0 aliphatic carbocycles. The lowest BCUT2D eigenvalue weighted by Gasteiger charge is -2.19. The number of carbonyl (C=O) groups excluding carboxylic acids is 1. The maximum absolute atomic E-state index is 12.9. The highest BCUT2D eigenvalue weighted by Crippen LogP contribution is 2.34. The number of nitrogens with one attached hydrogen (secondary N) is 1. The van der Waals surface area contributed by atoms with Crippen LogP contribution in [0.2, 0.25) is 0 Å². The Morgan fingerprint density at radius 3 is 2.59 bits per heavy atom. The van der Waals surface area contributed by atoms with E-state index in [1.165, 1.54) is 17.2 Å². The first kappa shape index (κ1) is 23.6. The molecule has 0 radical (unpaired) electrons. The molecule has 0 unspecified atom stereocenters. The number of methoxy groups -OCH3 is 1. The first-order chi connectivity index (χ1) is 16.1. The summed E-state index contributed by atoms with van der Waals surface area (Å²) in [6.07, 6.45) is -4.97. The molecule has 34 heavy (non-hydrogen) atoms. The number of halogens is 3. The fourth-order valence-corrected chi connectivity index (χ4v) is 3.50. The molecule has 1 fully saturated rings. The summed E-state index contributed by atoms with van der Waals surface area (Å²) in [6, 6.07) is 8.02. The molecular formula is C21H21F3N6O4. The second kappa shape index (κ2) is 8.99. The van der Waals surface area contributed by atoms with Gasteiger partial charge in [-0.15, -0.1) is 0 Å². The summed E-state index contributed by atoms with van der Waals surface area (Å²) in [5.74, 6) is -0.472. The van der Waals surface area contributed by atoms with Gasteiger partial charge in [0.15, 0.2) is 11.9 Å². The summed E-state index contributed by atoms with van der Waals surface area (Å²) in [7, 11) is 2.56. The quantitative estimate of drug-likeness (QED) is 0.526. The molecule has 10 nitrogen and oxygen atoms in total. The van der Waals surface area contributed by atoms with E-state index >= 15 is 0 Å². The number of ether oxygens (including phenoxy) is 1. The summed E-state index contributed by atoms with van der Waals surface area (Å²) in [5.41, 5.74) is -0.327. The van der Waals surface area contributed by atoms with Gasteiger partial charge >= 0.3 is 6.18 Å². The third kappa shape index (κ3) is 4.56. The number of pyridine rings is 1. The van der Waals surface area contributed by atoms with Gasteiger partial charge in [-0.25, -0.2) is 15.0 Å². The van der Waals surface area contributed by atoms with Crippen molar-refractivity contribution < 1.29 is 32.3 Å². The average molecular weight is 478 g/mol. The van der Waals surface area contributed by atoms with Gasteiger partial charge in [0, 0.05) is 39.4 Å². The highest BCUT2D eigenvalue weighted by atomic mass is 19.4. The molecule has 3 aromatic heterocycles. The molecule has 2 N–H and O–H groups in total. The van der Waals surface area contributed by atoms with Gasteiger partial charge in [0.05, 0.1) is 23.6 Å². The second-order valence-electron chi connectivity index (χ2n) is 7.73. The van der Waals surface area contributed by atoms with Crippen LogP contribution in [-0.4, -0.2) is 75.5 Å². The van der Waals surface area contributed by atoms with Crippen molar-refractivity contribution in [3.05, 3.63) is 42.3 Å². The summed E-state index contributed by atoms with van der Waals surface area (Å²) in [6.45, 7) is -0.174. The van der Waals surface area contributed by atoms with Crippen LogP contribution in [0, 0.1) is 0 Å². The molecule has 4 rings (SSSR count). The zero-order valence-electron chi connectivity index (χ0n) is 18.2. The number of rotatable bonds is 7. The third-order valence-corrected chi connectivity index (χ3v) is 5.45. The third-order valence-electron chi connectivity index (χ3n) is 5.45. The van der Waals surface area contributed by atoms with E-state index in [0.29, 0.717) is 29.3 Å². The number of aromatic nitrogens is 4. The molecule has 1 amide bonds. The molecule has 0 aromatic carbocycles. The summed E-state index contributed by atoms with van der Waals surface area (Å²) < 4.78 is 48.3. The van der Waals surface area contributed by atoms with Gasteiger partial charge in [0.25, 0.3) is 5.91 Å². The number of anilines is 1. The minimum atomic E-state index is -4.53. The van der Waals surface area contributed by atoms with E-state index in [0.717, 1.165) is 7.11 Å². The molecule has 3 aromatic rings. The predicted molar refractivity (Wildman–Crippen MR) is 112 cm³/mol. The zero-order chi connectivity index (χ0) is 24.5. The Balaban J connectivity index is 1.54. The molecular weight excluding hydrogens is 457 g/mol. The Morgan fingerprint density at radius 1 is 1.24 bits per heavy atom. The maximum atomic E-state index is 12.9. The molecule has 0 bridgehead atoms. The lowest BCUT2D eigenvalue weighted by atomic mass is 9.98. The van der Waals surface area contributed by atoms with Crippen LogP contribution in [0.5, 0.6) is 0 Å². The van der Waals surface area contributed by atoms with Gasteiger partial charge in [-0.1, -0.05) is 11.2 Å². The first-order valence-electron chi connectivity index (χ1n) is 10.2. The van der Waals surface area contributed by atoms with Crippen molar-refractivity contribution in [3.8, 4) is 22.8 Å². The number of alkyl halides is 3. The number of hydrogen-bond donors (Lipinski definition) is 2. The minimum Gasteiger partial charge on any atom is -0.373 e. The summed E-state index contributed by atoms with van der Waals surface area (Å²) >= 11 is 0. The van der Waals surface area contributed by atoms with E-state index in [9.17, 15) is 23.1 Å². The first-order valence-corrected chi connectivity index (χ1v) is 10.2. The predicted octanol–water partition coefficient (Wildman–Crippen LogP) is 2.23. The monoisotopic (exact) mass is 478 g/mol. The van der Waals surface area contributed by atoms with E-state index in [1.54, 1.807) is 31.3 Å². The lowest BCUT2D eigenvalue weighted by molar-refractivity contribution is -0.207. The Morgan fingerprint density at radius 2 is 1.94 bits per heavy atom. The number of amides is 1. The number of aliphatic hydroxyl groups is 1. The Kier molecular flexibility index (Phi) is 6.23. The van der Waals surface area contributed by atoms with Gasteiger partial charge in [-0.3, -0.25) is 4.79 Å². The van der Waals surface area contributed by atoms with Crippen molar-refractivity contribution >= 4 is 11.9 Å². The van der Waals surface area contributed by atoms with Gasteiger partial charge < -0.3 is 24.6 Å². The van der Waals surface area contributed by atoms with E-state index < -0.39 is 30.3 Å². The van der Waals surface area contributed by atoms with E-state index in [1.807, 2.05) is 0 Å². The number of nitrogens with zero attached hydrogens (tertiary/aromatic N) is 5. The van der Waals surface area contributed by atoms with Crippen LogP contribution in [0.4, 0.5) is 19.1 Å². The largest absolute Gasteiger partial charge is 0.416 e. The summed E-state index contributed by atoms with van der Waals surface area (Å²) in [5, 5.41) is 17.2. The highest BCUT2D eigenvalue weighted by Gasteiger charge is 2.48. The van der Waals surface area contributed by atoms with Crippen LogP contribution in [-0.2, 0) is 15.1 Å². The highest BCUT2D eigenvalue weighted by molar-refractivity contribution is 5.87. The van der Waals surface area contributed by atoms with Gasteiger partial charge in [0.1, 0.15) is 5.69 Å². The molecule has 180 valence electrons. The topological polar surface area (TPSA) is 126 Å². The van der Waals surface area contributed by atoms with Crippen molar-refractivity contribution in [2.45, 2.75) is 24.3 Å². The molecule has 1 aliphatic heterocycles. The zero-order valence-corrected chi connectivity index (χ0v) is 18.2. The molecule has 0 saturated carbocycles. The van der Waals surface area contributed by atoms with Crippen molar-refractivity contribution in [2.24, 2.45) is 0 Å². The average Bonchev–Trinajstić information content (AvgIpc) is 3.41. The van der Waals surface area contributed by atoms with Crippen molar-refractivity contribution in [1.29, 1.82) is 0 Å². The van der Waals surface area contributed by atoms with Crippen LogP contribution >= 0.6 is 0 Å². The van der Waals surface area contributed by atoms with Crippen molar-refractivity contribution in [3.63, 3.8) is 0 Å². The van der Waals surface area contributed by atoms with E-state index in [2.05, 4.69) is 30.2 Å². The number of hydrogen-bond acceptors (Lipinski definition) is 9. The van der Waals surface area contributed by atoms with Crippen LogP contribution in [0.25, 0.3) is 22.8 Å². The van der Waals surface area contributed by atoms with Crippen LogP contribution in [0.3, 0.4) is 0 Å². The maximum Gasteiger partial charge on any atom is 0.416 e. The number of likely N-dealkylation sites (N-methyl/N-ethyl adjacent to an activating group) is 1. The number of carbonyl (C=O) groups is 1. The van der Waals surface area contributed by atoms with E-state index in [4.69, 9.17) is 4.52 Å². The van der Waals surface area contributed by atoms with E-state index in [-0.39, 0.29) is 18.1 Å². The van der Waals surface area contributed by atoms with Crippen LogP contribution in [0.1, 0.15) is 12.2 Å². The molecule has 1 aliphatic rings. The SMILES string of the molecule is CO[C@H](CNc1nccc(-c2cccc(-c3cc([C@]4(O)CCN(C)C4=O)on3)n2)n1)C(F)(F)F. The standard InChI is InChI=1S/C21H21F3N6O4/c1-30-9-7-20(32,18(30)31)16-10-15(29-34-16)13-5-3-4-12(27-13)14-6-8-25-19(28-14)26-11-17(33-2)21(22,23)24/h3-6,8,10,17,32H,7,9,11H2,1-2H3,(H,25,26,28)/t17-,20-/m1/s1. The Bertz CT molecular complexity index is 1190. The van der Waals surface area contributed by atoms with Gasteiger partial charge in [-0.05, 0) is 18.2 Å². The summed E-state index contributed by atoms with van der Waals surface area (Å²) in [4.78, 5) is 26.3.